The third kappa shape index (κ3) is 4.93. The number of rotatable bonds is 8. The number of nitrogens with one attached hydrogen (secondary N) is 4. The standard InChI is InChI=1S/C18H19ClFN7O3S/c19-13-9-10(1-4-14(13)20)24-16(27-28)12-5-6-21-17-15(12)25-18(26-17)22-7-8-23-31(29,30)11-2-3-11/h1,4-6,9,11,23,28H,2-3,7-8H2,(H,24,27)(H2,21,22,25,26). The molecule has 1 aliphatic carbocycles. The van der Waals surface area contributed by atoms with Crippen molar-refractivity contribution in [3.63, 3.8) is 0 Å². The molecule has 31 heavy (non-hydrogen) atoms. The number of aromatic nitrogens is 3. The molecule has 0 atom stereocenters. The monoisotopic (exact) mass is 467 g/mol. The molecular formula is C18H19ClFN7O3S. The van der Waals surface area contributed by atoms with Gasteiger partial charge in [0.15, 0.2) is 11.5 Å². The molecule has 13 heteroatoms. The Hall–Kier alpha value is -2.80. The highest BCUT2D eigenvalue weighted by atomic mass is 35.5. The Bertz CT molecular complexity index is 1240. The maximum Gasteiger partial charge on any atom is 0.214 e. The number of hydrogen-bond donors (Lipinski definition) is 5. The second-order valence-corrected chi connectivity index (χ2v) is 9.33. The van der Waals surface area contributed by atoms with E-state index in [1.165, 1.54) is 24.4 Å². The Morgan fingerprint density at radius 3 is 2.84 bits per heavy atom. The number of imidazole rings is 1. The molecule has 1 aromatic carbocycles. The zero-order valence-electron chi connectivity index (χ0n) is 16.1. The Kier molecular flexibility index (Phi) is 6.05. The normalized spacial score (nSPS) is 14.7. The highest BCUT2D eigenvalue weighted by Gasteiger charge is 2.35. The van der Waals surface area contributed by atoms with Crippen LogP contribution in [0.4, 0.5) is 16.0 Å². The number of anilines is 1. The van der Waals surface area contributed by atoms with Crippen molar-refractivity contribution in [2.45, 2.75) is 18.1 Å². The molecule has 0 unspecified atom stereocenters. The van der Waals surface area contributed by atoms with Crippen LogP contribution in [0.1, 0.15) is 18.4 Å². The SMILES string of the molecule is O=S(=O)(NCCNc1nc2nccc(C(=Nc3ccc(F)c(Cl)c3)NO)c2[nH]1)C1CC1. The van der Waals surface area contributed by atoms with Crippen LogP contribution in [-0.2, 0) is 10.0 Å². The van der Waals surface area contributed by atoms with Gasteiger partial charge in [-0.3, -0.25) is 10.7 Å². The number of aromatic amines is 1. The van der Waals surface area contributed by atoms with Crippen LogP contribution in [0.3, 0.4) is 0 Å². The third-order valence-electron chi connectivity index (χ3n) is 4.58. The Labute approximate surface area is 182 Å². The lowest BCUT2D eigenvalue weighted by molar-refractivity contribution is 0.235. The molecule has 1 fully saturated rings. The largest absolute Gasteiger partial charge is 0.354 e. The molecule has 0 aliphatic heterocycles. The van der Waals surface area contributed by atoms with Crippen molar-refractivity contribution in [2.24, 2.45) is 4.99 Å². The average Bonchev–Trinajstić information content (AvgIpc) is 3.52. The van der Waals surface area contributed by atoms with E-state index in [-0.39, 0.29) is 22.7 Å². The van der Waals surface area contributed by atoms with Crippen LogP contribution in [0.5, 0.6) is 0 Å². The third-order valence-corrected chi connectivity index (χ3v) is 6.83. The van der Waals surface area contributed by atoms with Gasteiger partial charge in [-0.15, -0.1) is 0 Å². The van der Waals surface area contributed by atoms with E-state index in [9.17, 15) is 18.0 Å². The summed E-state index contributed by atoms with van der Waals surface area (Å²) in [5.74, 6) is -0.126. The number of sulfonamides is 1. The number of fused-ring (bicyclic) bond motifs is 1. The van der Waals surface area contributed by atoms with Crippen molar-refractivity contribution in [2.75, 3.05) is 18.4 Å². The first-order valence-electron chi connectivity index (χ1n) is 9.38. The van der Waals surface area contributed by atoms with Crippen LogP contribution >= 0.6 is 11.6 Å². The Morgan fingerprint density at radius 1 is 1.32 bits per heavy atom. The van der Waals surface area contributed by atoms with Gasteiger partial charge in [0.2, 0.25) is 16.0 Å². The van der Waals surface area contributed by atoms with E-state index >= 15 is 0 Å². The van der Waals surface area contributed by atoms with E-state index in [2.05, 4.69) is 30.0 Å². The lowest BCUT2D eigenvalue weighted by Crippen LogP contribution is -2.31. The van der Waals surface area contributed by atoms with Gasteiger partial charge in [0.1, 0.15) is 5.82 Å². The number of halogens is 2. The van der Waals surface area contributed by atoms with E-state index in [0.29, 0.717) is 47.7 Å². The van der Waals surface area contributed by atoms with Gasteiger partial charge in [-0.1, -0.05) is 11.6 Å². The molecule has 164 valence electrons. The van der Waals surface area contributed by atoms with E-state index < -0.39 is 15.8 Å². The second kappa shape index (κ2) is 8.75. The zero-order valence-corrected chi connectivity index (χ0v) is 17.6. The molecule has 4 rings (SSSR count). The first kappa shape index (κ1) is 21.4. The zero-order chi connectivity index (χ0) is 22.0. The summed E-state index contributed by atoms with van der Waals surface area (Å²) >= 11 is 5.79. The molecule has 2 aromatic heterocycles. The fourth-order valence-electron chi connectivity index (χ4n) is 2.89. The molecule has 0 amide bonds. The number of hydrogen-bond acceptors (Lipinski definition) is 7. The maximum absolute atomic E-state index is 13.4. The summed E-state index contributed by atoms with van der Waals surface area (Å²) in [6.07, 6.45) is 2.90. The van der Waals surface area contributed by atoms with Crippen LogP contribution in [0.15, 0.2) is 35.5 Å². The topological polar surface area (TPSA) is 144 Å². The highest BCUT2D eigenvalue weighted by molar-refractivity contribution is 7.90. The van der Waals surface area contributed by atoms with E-state index in [0.717, 1.165) is 0 Å². The van der Waals surface area contributed by atoms with Gasteiger partial charge in [0.05, 0.1) is 21.5 Å². The molecule has 0 spiro atoms. The average molecular weight is 468 g/mol. The minimum Gasteiger partial charge on any atom is -0.354 e. The first-order valence-corrected chi connectivity index (χ1v) is 11.3. The van der Waals surface area contributed by atoms with Crippen molar-refractivity contribution in [1.82, 2.24) is 25.2 Å². The number of pyridine rings is 1. The lowest BCUT2D eigenvalue weighted by atomic mass is 10.2. The van der Waals surface area contributed by atoms with E-state index in [4.69, 9.17) is 11.6 Å². The van der Waals surface area contributed by atoms with Crippen molar-refractivity contribution in [3.8, 4) is 0 Å². The van der Waals surface area contributed by atoms with E-state index in [1.54, 1.807) is 6.07 Å². The van der Waals surface area contributed by atoms with Crippen molar-refractivity contribution < 1.29 is 18.0 Å². The fourth-order valence-corrected chi connectivity index (χ4v) is 4.45. The molecule has 1 aliphatic rings. The summed E-state index contributed by atoms with van der Waals surface area (Å²) < 4.78 is 39.6. The predicted octanol–water partition coefficient (Wildman–Crippen LogP) is 2.30. The number of nitrogens with zero attached hydrogens (tertiary/aromatic N) is 3. The number of H-pyrrole nitrogens is 1. The Morgan fingerprint density at radius 2 is 2.13 bits per heavy atom. The van der Waals surface area contributed by atoms with E-state index in [1.807, 2.05) is 5.48 Å². The molecule has 1 saturated carbocycles. The van der Waals surface area contributed by atoms with Crippen LogP contribution in [0.2, 0.25) is 5.02 Å². The number of benzene rings is 1. The predicted molar refractivity (Wildman–Crippen MR) is 115 cm³/mol. The minimum absolute atomic E-state index is 0.0717. The maximum atomic E-state index is 13.4. The quantitative estimate of drug-likeness (QED) is 0.148. The van der Waals surface area contributed by atoms with Gasteiger partial charge in [0, 0.05) is 24.8 Å². The lowest BCUT2D eigenvalue weighted by Gasteiger charge is -2.07. The van der Waals surface area contributed by atoms with Gasteiger partial charge < -0.3 is 10.3 Å². The molecule has 5 N–H and O–H groups in total. The summed E-state index contributed by atoms with van der Waals surface area (Å²) in [6.45, 7) is 0.529. The molecule has 2 heterocycles. The van der Waals surface area contributed by atoms with Gasteiger partial charge in [-0.25, -0.2) is 27.5 Å². The molecule has 0 bridgehead atoms. The minimum atomic E-state index is -3.24. The Balaban J connectivity index is 1.52. The molecule has 10 nitrogen and oxygen atoms in total. The number of hydroxylamine groups is 1. The van der Waals surface area contributed by atoms with Crippen LogP contribution < -0.4 is 15.5 Å². The van der Waals surface area contributed by atoms with Gasteiger partial charge in [-0.05, 0) is 37.1 Å². The molecule has 0 radical (unpaired) electrons. The van der Waals surface area contributed by atoms with Gasteiger partial charge >= 0.3 is 0 Å². The molecular weight excluding hydrogens is 449 g/mol. The van der Waals surface area contributed by atoms with Gasteiger partial charge in [-0.2, -0.15) is 4.98 Å². The van der Waals surface area contributed by atoms with Gasteiger partial charge in [0.25, 0.3) is 0 Å². The summed E-state index contributed by atoms with van der Waals surface area (Å²) in [5, 5.41) is 12.2. The number of amidine groups is 1. The van der Waals surface area contributed by atoms with Crippen LogP contribution in [0, 0.1) is 5.82 Å². The molecule has 0 saturated heterocycles. The summed E-state index contributed by atoms with van der Waals surface area (Å²) in [4.78, 5) is 15.8. The summed E-state index contributed by atoms with van der Waals surface area (Å²) in [5.41, 5.74) is 3.66. The smallest absolute Gasteiger partial charge is 0.214 e. The summed E-state index contributed by atoms with van der Waals surface area (Å²) in [7, 11) is -3.24. The van der Waals surface area contributed by atoms with Crippen LogP contribution in [-0.4, -0.2) is 52.8 Å². The van der Waals surface area contributed by atoms with Crippen molar-refractivity contribution >= 4 is 50.3 Å². The highest BCUT2D eigenvalue weighted by Crippen LogP contribution is 2.27. The fraction of sp³-hybridized carbons (Fsp3) is 0.278. The van der Waals surface area contributed by atoms with Crippen LogP contribution in [0.25, 0.3) is 11.2 Å². The second-order valence-electron chi connectivity index (χ2n) is 6.88. The number of aliphatic imine (C=N–C) groups is 1. The molecule has 3 aromatic rings. The van der Waals surface area contributed by atoms with Crippen molar-refractivity contribution in [1.29, 1.82) is 0 Å². The van der Waals surface area contributed by atoms with Crippen molar-refractivity contribution in [3.05, 3.63) is 46.9 Å². The summed E-state index contributed by atoms with van der Waals surface area (Å²) in [6, 6.07) is 5.53. The first-order chi connectivity index (χ1) is 14.9.